The molecule has 3 nitrogen and oxygen atoms in total. The molecular formula is C9H16ClNO2S. The lowest BCUT2D eigenvalue weighted by Gasteiger charge is -2.15. The summed E-state index contributed by atoms with van der Waals surface area (Å²) in [5, 5.41) is -0.0102. The van der Waals surface area contributed by atoms with Crippen molar-refractivity contribution in [1.29, 1.82) is 0 Å². The maximum absolute atomic E-state index is 11.6. The van der Waals surface area contributed by atoms with Gasteiger partial charge in [0.15, 0.2) is 0 Å². The molecule has 2 atom stereocenters. The second kappa shape index (κ2) is 3.99. The predicted octanol–water partition coefficient (Wildman–Crippen LogP) is 1.48. The van der Waals surface area contributed by atoms with E-state index < -0.39 is 10.0 Å². The summed E-state index contributed by atoms with van der Waals surface area (Å²) >= 11 is 6.01. The summed E-state index contributed by atoms with van der Waals surface area (Å²) in [6, 6.07) is -0.0274. The first kappa shape index (κ1) is 10.7. The Morgan fingerprint density at radius 2 is 1.93 bits per heavy atom. The lowest BCUT2D eigenvalue weighted by Crippen LogP contribution is -2.39. The summed E-state index contributed by atoms with van der Waals surface area (Å²) in [6.07, 6.45) is 4.98. The average molecular weight is 238 g/mol. The second-order valence-corrected chi connectivity index (χ2v) is 6.76. The molecule has 0 aromatic heterocycles. The summed E-state index contributed by atoms with van der Waals surface area (Å²) in [6.45, 7) is 0. The molecule has 2 fully saturated rings. The van der Waals surface area contributed by atoms with Crippen molar-refractivity contribution in [3.05, 3.63) is 0 Å². The zero-order valence-electron chi connectivity index (χ0n) is 8.08. The molecule has 0 spiro atoms. The van der Waals surface area contributed by atoms with Crippen LogP contribution in [0.25, 0.3) is 0 Å². The monoisotopic (exact) mass is 237 g/mol. The largest absolute Gasteiger partial charge is 0.212 e. The van der Waals surface area contributed by atoms with Gasteiger partial charge in [-0.05, 0) is 31.6 Å². The molecule has 2 unspecified atom stereocenters. The van der Waals surface area contributed by atoms with E-state index in [9.17, 15) is 8.42 Å². The van der Waals surface area contributed by atoms with E-state index in [0.29, 0.717) is 11.7 Å². The lowest BCUT2D eigenvalue weighted by molar-refractivity contribution is 0.550. The maximum Gasteiger partial charge on any atom is 0.212 e. The number of rotatable bonds is 4. The van der Waals surface area contributed by atoms with Crippen LogP contribution >= 0.6 is 11.6 Å². The molecule has 2 rings (SSSR count). The highest BCUT2D eigenvalue weighted by Gasteiger charge is 2.32. The normalized spacial score (nSPS) is 33.5. The van der Waals surface area contributed by atoms with E-state index in [0.717, 1.165) is 32.1 Å². The second-order valence-electron chi connectivity index (χ2n) is 4.40. The van der Waals surface area contributed by atoms with Crippen LogP contribution in [-0.2, 0) is 10.0 Å². The molecular weight excluding hydrogens is 222 g/mol. The fraction of sp³-hybridized carbons (Fsp3) is 1.00. The van der Waals surface area contributed by atoms with Gasteiger partial charge in [0.25, 0.3) is 0 Å². The summed E-state index contributed by atoms with van der Waals surface area (Å²) < 4.78 is 25.9. The number of sulfonamides is 1. The van der Waals surface area contributed by atoms with Crippen LogP contribution in [0.15, 0.2) is 0 Å². The van der Waals surface area contributed by atoms with Gasteiger partial charge in [0.2, 0.25) is 10.0 Å². The number of alkyl halides is 1. The van der Waals surface area contributed by atoms with Crippen molar-refractivity contribution in [3.8, 4) is 0 Å². The predicted molar refractivity (Wildman–Crippen MR) is 56.9 cm³/mol. The third kappa shape index (κ3) is 2.84. The first-order chi connectivity index (χ1) is 6.57. The van der Waals surface area contributed by atoms with Gasteiger partial charge >= 0.3 is 0 Å². The minimum absolute atomic E-state index is 0.0102. The van der Waals surface area contributed by atoms with Gasteiger partial charge in [0.1, 0.15) is 0 Å². The van der Waals surface area contributed by atoms with E-state index >= 15 is 0 Å². The quantitative estimate of drug-likeness (QED) is 0.753. The topological polar surface area (TPSA) is 46.2 Å². The van der Waals surface area contributed by atoms with Gasteiger partial charge in [0.05, 0.1) is 5.75 Å². The fourth-order valence-electron chi connectivity index (χ4n) is 1.92. The Morgan fingerprint density at radius 1 is 1.21 bits per heavy atom. The van der Waals surface area contributed by atoms with E-state index in [1.54, 1.807) is 0 Å². The summed E-state index contributed by atoms with van der Waals surface area (Å²) in [7, 11) is -3.07. The van der Waals surface area contributed by atoms with Crippen LogP contribution in [0.1, 0.15) is 32.1 Å². The van der Waals surface area contributed by atoms with Gasteiger partial charge in [0, 0.05) is 11.4 Å². The van der Waals surface area contributed by atoms with Crippen molar-refractivity contribution in [2.75, 3.05) is 5.75 Å². The molecule has 1 N–H and O–H groups in total. The summed E-state index contributed by atoms with van der Waals surface area (Å²) in [5.74, 6) is 0.704. The Hall–Kier alpha value is 0.200. The van der Waals surface area contributed by atoms with Crippen LogP contribution in [-0.4, -0.2) is 25.6 Å². The SMILES string of the molecule is O=S(=O)(CC1CC1)NC1CCCC1Cl. The van der Waals surface area contributed by atoms with Gasteiger partial charge < -0.3 is 0 Å². The zero-order valence-corrected chi connectivity index (χ0v) is 9.65. The van der Waals surface area contributed by atoms with Crippen LogP contribution in [0.3, 0.4) is 0 Å². The van der Waals surface area contributed by atoms with Gasteiger partial charge in [-0.1, -0.05) is 6.42 Å². The first-order valence-electron chi connectivity index (χ1n) is 5.21. The zero-order chi connectivity index (χ0) is 10.2. The molecule has 0 radical (unpaired) electrons. The van der Waals surface area contributed by atoms with Crippen LogP contribution in [0, 0.1) is 5.92 Å². The van der Waals surface area contributed by atoms with Crippen molar-refractivity contribution in [1.82, 2.24) is 4.72 Å². The standard InChI is InChI=1S/C9H16ClNO2S/c10-8-2-1-3-9(8)11-14(12,13)6-7-4-5-7/h7-9,11H,1-6H2. The number of hydrogen-bond acceptors (Lipinski definition) is 2. The Bertz CT molecular complexity index is 300. The first-order valence-corrected chi connectivity index (χ1v) is 7.30. The molecule has 2 aliphatic rings. The highest BCUT2D eigenvalue weighted by atomic mass is 35.5. The molecule has 2 aliphatic carbocycles. The maximum atomic E-state index is 11.6. The molecule has 0 aliphatic heterocycles. The summed E-state index contributed by atoms with van der Waals surface area (Å²) in [5.41, 5.74) is 0. The Morgan fingerprint density at radius 3 is 2.43 bits per heavy atom. The molecule has 14 heavy (non-hydrogen) atoms. The highest BCUT2D eigenvalue weighted by Crippen LogP contribution is 2.31. The number of nitrogens with one attached hydrogen (secondary N) is 1. The van der Waals surface area contributed by atoms with E-state index in [1.165, 1.54) is 0 Å². The highest BCUT2D eigenvalue weighted by molar-refractivity contribution is 7.89. The fourth-order valence-corrected chi connectivity index (χ4v) is 4.13. The Balaban J connectivity index is 1.88. The van der Waals surface area contributed by atoms with Crippen molar-refractivity contribution >= 4 is 21.6 Å². The number of hydrogen-bond donors (Lipinski definition) is 1. The minimum atomic E-state index is -3.07. The van der Waals surface area contributed by atoms with Crippen LogP contribution in [0.2, 0.25) is 0 Å². The van der Waals surface area contributed by atoms with Crippen molar-refractivity contribution in [3.63, 3.8) is 0 Å². The molecule has 0 amide bonds. The van der Waals surface area contributed by atoms with Crippen molar-refractivity contribution in [2.45, 2.75) is 43.5 Å². The molecule has 0 heterocycles. The minimum Gasteiger partial charge on any atom is -0.212 e. The third-order valence-corrected chi connectivity index (χ3v) is 5.01. The lowest BCUT2D eigenvalue weighted by atomic mass is 10.3. The molecule has 0 saturated heterocycles. The van der Waals surface area contributed by atoms with E-state index in [4.69, 9.17) is 11.6 Å². The molecule has 0 aromatic carbocycles. The van der Waals surface area contributed by atoms with Crippen molar-refractivity contribution < 1.29 is 8.42 Å². The smallest absolute Gasteiger partial charge is 0.212 e. The number of halogens is 1. The third-order valence-electron chi connectivity index (χ3n) is 2.91. The molecule has 0 aromatic rings. The molecule has 0 bridgehead atoms. The van der Waals surface area contributed by atoms with Gasteiger partial charge in [-0.25, -0.2) is 13.1 Å². The van der Waals surface area contributed by atoms with E-state index in [-0.39, 0.29) is 11.4 Å². The average Bonchev–Trinajstić information content (AvgIpc) is 2.77. The van der Waals surface area contributed by atoms with Crippen LogP contribution in [0.4, 0.5) is 0 Å². The van der Waals surface area contributed by atoms with Crippen LogP contribution < -0.4 is 4.72 Å². The van der Waals surface area contributed by atoms with Gasteiger partial charge in [-0.3, -0.25) is 0 Å². The summed E-state index contributed by atoms with van der Waals surface area (Å²) in [4.78, 5) is 0. The van der Waals surface area contributed by atoms with Crippen molar-refractivity contribution in [2.24, 2.45) is 5.92 Å². The van der Waals surface area contributed by atoms with Gasteiger partial charge in [-0.2, -0.15) is 0 Å². The molecule has 82 valence electrons. The molecule has 5 heteroatoms. The van der Waals surface area contributed by atoms with E-state index in [2.05, 4.69) is 4.72 Å². The van der Waals surface area contributed by atoms with E-state index in [1.807, 2.05) is 0 Å². The van der Waals surface area contributed by atoms with Crippen LogP contribution in [0.5, 0.6) is 0 Å². The molecule has 2 saturated carbocycles. The Kier molecular flexibility index (Phi) is 3.05. The van der Waals surface area contributed by atoms with Gasteiger partial charge in [-0.15, -0.1) is 11.6 Å². The Labute approximate surface area is 90.3 Å².